The van der Waals surface area contributed by atoms with Gasteiger partial charge in [-0.2, -0.15) is 13.2 Å². The van der Waals surface area contributed by atoms with Gasteiger partial charge < -0.3 is 15.8 Å². The van der Waals surface area contributed by atoms with E-state index in [0.717, 1.165) is 12.1 Å². The van der Waals surface area contributed by atoms with Gasteiger partial charge in [-0.05, 0) is 42.8 Å². The molecule has 0 amide bonds. The van der Waals surface area contributed by atoms with Crippen LogP contribution in [0.2, 0.25) is 5.02 Å². The van der Waals surface area contributed by atoms with Gasteiger partial charge in [0.05, 0.1) is 22.0 Å². The molecule has 0 fully saturated rings. The summed E-state index contributed by atoms with van der Waals surface area (Å²) in [5.41, 5.74) is 6.36. The van der Waals surface area contributed by atoms with Crippen molar-refractivity contribution in [2.24, 2.45) is 0 Å². The number of alkyl halides is 3. The molecule has 33 heavy (non-hydrogen) atoms. The zero-order valence-electron chi connectivity index (χ0n) is 17.4. The molecule has 0 spiro atoms. The second-order valence-corrected chi connectivity index (χ2v) is 7.04. The Balaban J connectivity index is 0.000000321. The fourth-order valence-electron chi connectivity index (χ4n) is 2.57. The number of pyridine rings is 1. The van der Waals surface area contributed by atoms with Gasteiger partial charge >= 0.3 is 6.18 Å². The molecule has 176 valence electrons. The average Bonchev–Trinajstić information content (AvgIpc) is 2.74. The summed E-state index contributed by atoms with van der Waals surface area (Å²) in [6.45, 7) is 0.109. The van der Waals surface area contributed by atoms with Crippen molar-refractivity contribution in [3.05, 3.63) is 70.2 Å². The summed E-state index contributed by atoms with van der Waals surface area (Å²) in [5, 5.41) is 3.06. The van der Waals surface area contributed by atoms with Gasteiger partial charge in [-0.25, -0.2) is 13.8 Å². The van der Waals surface area contributed by atoms with E-state index in [4.69, 9.17) is 17.3 Å². The summed E-state index contributed by atoms with van der Waals surface area (Å²) in [5.74, 6) is -1.36. The molecule has 0 saturated carbocycles. The summed E-state index contributed by atoms with van der Waals surface area (Å²) >= 11 is 5.63. The number of nitrogens with one attached hydrogen (secondary N) is 1. The Morgan fingerprint density at radius 2 is 1.85 bits per heavy atom. The highest BCUT2D eigenvalue weighted by molar-refractivity contribution is 6.33. The first-order chi connectivity index (χ1) is 15.5. The highest BCUT2D eigenvalue weighted by Gasteiger charge is 2.29. The van der Waals surface area contributed by atoms with Gasteiger partial charge in [-0.3, -0.25) is 4.79 Å². The number of aldehydes is 1. The fraction of sp³-hybridized carbons (Fsp3) is 0.182. The van der Waals surface area contributed by atoms with Gasteiger partial charge in [-0.1, -0.05) is 23.7 Å². The molecule has 0 saturated heterocycles. The Morgan fingerprint density at radius 1 is 1.15 bits per heavy atom. The maximum absolute atomic E-state index is 14.1. The first kappa shape index (κ1) is 25.9. The van der Waals surface area contributed by atoms with E-state index in [2.05, 4.69) is 15.0 Å². The number of halogens is 6. The third-order valence-corrected chi connectivity index (χ3v) is 4.56. The molecule has 1 aromatic heterocycles. The smallest absolute Gasteiger partial charge is 0.422 e. The maximum atomic E-state index is 14.1. The van der Waals surface area contributed by atoms with E-state index >= 15 is 0 Å². The van der Waals surface area contributed by atoms with Crippen molar-refractivity contribution >= 4 is 29.4 Å². The lowest BCUT2D eigenvalue weighted by Crippen LogP contribution is -2.19. The van der Waals surface area contributed by atoms with E-state index in [0.29, 0.717) is 16.3 Å². The number of nitrogens with two attached hydrogens (primary N) is 1. The molecule has 0 atom stereocenters. The van der Waals surface area contributed by atoms with Crippen molar-refractivity contribution in [1.82, 2.24) is 4.98 Å². The van der Waals surface area contributed by atoms with Gasteiger partial charge in [-0.15, -0.1) is 0 Å². The number of anilines is 2. The molecule has 11 heteroatoms. The SMILES string of the molecule is CNc1c(F)cccc1Cl.Cc1ccc(-c2cc(OCC(F)(F)F)c(C=O)cc2F)nc1N. The number of nitrogens with zero attached hydrogens (tertiary/aromatic N) is 1. The lowest BCUT2D eigenvalue weighted by Gasteiger charge is -2.13. The van der Waals surface area contributed by atoms with Crippen molar-refractivity contribution in [2.45, 2.75) is 13.1 Å². The molecule has 5 nitrogen and oxygen atoms in total. The predicted molar refractivity (Wildman–Crippen MR) is 117 cm³/mol. The first-order valence-electron chi connectivity index (χ1n) is 9.30. The lowest BCUT2D eigenvalue weighted by molar-refractivity contribution is -0.153. The normalized spacial score (nSPS) is 10.8. The molecular weight excluding hydrogens is 469 g/mol. The number of rotatable bonds is 5. The third-order valence-electron chi connectivity index (χ3n) is 4.24. The van der Waals surface area contributed by atoms with E-state index in [1.54, 1.807) is 32.2 Å². The van der Waals surface area contributed by atoms with Crippen molar-refractivity contribution in [3.8, 4) is 17.0 Å². The molecule has 0 radical (unpaired) electrons. The van der Waals surface area contributed by atoms with Crippen molar-refractivity contribution in [3.63, 3.8) is 0 Å². The summed E-state index contributed by atoms with van der Waals surface area (Å²) < 4.78 is 68.2. The molecule has 3 aromatic rings. The number of para-hydroxylation sites is 1. The number of carbonyl (C=O) groups excluding carboxylic acids is 1. The van der Waals surface area contributed by atoms with Crippen molar-refractivity contribution < 1.29 is 31.5 Å². The molecule has 0 aliphatic rings. The monoisotopic (exact) mass is 487 g/mol. The second kappa shape index (κ2) is 11.0. The summed E-state index contributed by atoms with van der Waals surface area (Å²) in [4.78, 5) is 14.9. The van der Waals surface area contributed by atoms with Crippen molar-refractivity contribution in [1.29, 1.82) is 0 Å². The Bertz CT molecular complexity index is 1120. The van der Waals surface area contributed by atoms with Crippen LogP contribution in [-0.4, -0.2) is 31.1 Å². The van der Waals surface area contributed by atoms with E-state index in [9.17, 15) is 26.7 Å². The van der Waals surface area contributed by atoms with E-state index in [-0.39, 0.29) is 40.5 Å². The van der Waals surface area contributed by atoms with Crippen LogP contribution in [0.5, 0.6) is 5.75 Å². The largest absolute Gasteiger partial charge is 0.483 e. The van der Waals surface area contributed by atoms with Gasteiger partial charge in [0.2, 0.25) is 0 Å². The fourth-order valence-corrected chi connectivity index (χ4v) is 2.83. The summed E-state index contributed by atoms with van der Waals surface area (Å²) in [6, 6.07) is 9.43. The second-order valence-electron chi connectivity index (χ2n) is 6.64. The van der Waals surface area contributed by atoms with E-state index in [1.807, 2.05) is 0 Å². The van der Waals surface area contributed by atoms with Gasteiger partial charge in [0, 0.05) is 12.6 Å². The standard InChI is InChI=1S/C15H12F4N2O2.C7H7ClFN/c1-8-2-3-12(21-14(8)20)10-5-13(23-7-15(17,18)19)9(6-22)4-11(10)16;1-10-7-5(8)3-2-4-6(7)9/h2-6H,7H2,1H3,(H2,20,21);2-4,10H,1H3. The molecule has 0 aliphatic heterocycles. The molecule has 3 N–H and O–H groups in total. The van der Waals surface area contributed by atoms with Crippen LogP contribution in [0.3, 0.4) is 0 Å². The minimum atomic E-state index is -4.58. The topological polar surface area (TPSA) is 77.2 Å². The third kappa shape index (κ3) is 7.04. The van der Waals surface area contributed by atoms with Crippen LogP contribution in [0.25, 0.3) is 11.3 Å². The van der Waals surface area contributed by atoms with Crippen LogP contribution in [0.15, 0.2) is 42.5 Å². The van der Waals surface area contributed by atoms with Crippen LogP contribution >= 0.6 is 11.6 Å². The minimum absolute atomic E-state index is 0.112. The van der Waals surface area contributed by atoms with Crippen molar-refractivity contribution in [2.75, 3.05) is 24.7 Å². The molecular formula is C22H19ClF5N3O2. The number of hydrogen-bond acceptors (Lipinski definition) is 5. The zero-order valence-corrected chi connectivity index (χ0v) is 18.2. The first-order valence-corrected chi connectivity index (χ1v) is 9.68. The quantitative estimate of drug-likeness (QED) is 0.338. The van der Waals surface area contributed by atoms with Crippen LogP contribution in [0, 0.1) is 18.6 Å². The Kier molecular flexibility index (Phi) is 8.58. The van der Waals surface area contributed by atoms with E-state index < -0.39 is 18.6 Å². The Labute approximate surface area is 191 Å². The zero-order chi connectivity index (χ0) is 24.8. The average molecular weight is 488 g/mol. The number of hydrogen-bond donors (Lipinski definition) is 2. The minimum Gasteiger partial charge on any atom is -0.483 e. The highest BCUT2D eigenvalue weighted by Crippen LogP contribution is 2.31. The molecule has 3 rings (SSSR count). The number of nitrogen functional groups attached to an aromatic ring is 1. The number of benzene rings is 2. The van der Waals surface area contributed by atoms with E-state index in [1.165, 1.54) is 12.1 Å². The van der Waals surface area contributed by atoms with Gasteiger partial charge in [0.15, 0.2) is 12.9 Å². The maximum Gasteiger partial charge on any atom is 0.422 e. The Hall–Kier alpha value is -3.40. The lowest BCUT2D eigenvalue weighted by atomic mass is 10.1. The number of aryl methyl sites for hydroxylation is 1. The van der Waals surface area contributed by atoms with Crippen LogP contribution in [0.4, 0.5) is 33.5 Å². The summed E-state index contributed by atoms with van der Waals surface area (Å²) in [6.07, 6.45) is -4.36. The van der Waals surface area contributed by atoms with Gasteiger partial charge in [0.1, 0.15) is 23.2 Å². The molecule has 0 aliphatic carbocycles. The van der Waals surface area contributed by atoms with Gasteiger partial charge in [0.25, 0.3) is 0 Å². The Morgan fingerprint density at radius 3 is 2.36 bits per heavy atom. The molecule has 0 bridgehead atoms. The van der Waals surface area contributed by atoms with Crippen LogP contribution in [0.1, 0.15) is 15.9 Å². The van der Waals surface area contributed by atoms with Crippen LogP contribution < -0.4 is 15.8 Å². The number of aromatic nitrogens is 1. The molecule has 1 heterocycles. The summed E-state index contributed by atoms with van der Waals surface area (Å²) in [7, 11) is 1.63. The highest BCUT2D eigenvalue weighted by atomic mass is 35.5. The number of ether oxygens (including phenoxy) is 1. The molecule has 0 unspecified atom stereocenters. The number of carbonyl (C=O) groups is 1. The van der Waals surface area contributed by atoms with Crippen LogP contribution in [-0.2, 0) is 0 Å². The molecule has 2 aromatic carbocycles. The predicted octanol–water partition coefficient (Wildman–Crippen LogP) is 6.05.